The fraction of sp³-hybridized carbons (Fsp3) is 0.235. The summed E-state index contributed by atoms with van der Waals surface area (Å²) in [5.74, 6) is -0.539. The van der Waals surface area contributed by atoms with Crippen LogP contribution in [0.25, 0.3) is 0 Å². The van der Waals surface area contributed by atoms with Crippen molar-refractivity contribution >= 4 is 33.0 Å². The molecular formula is C17H19N3O5S. The molecule has 0 radical (unpaired) electrons. The van der Waals surface area contributed by atoms with E-state index in [9.17, 15) is 23.3 Å². The summed E-state index contributed by atoms with van der Waals surface area (Å²) in [6, 6.07) is 12.4. The lowest BCUT2D eigenvalue weighted by Crippen LogP contribution is -2.37. The number of amides is 1. The number of carbonyl (C=O) groups excluding carboxylic acids is 1. The average Bonchev–Trinajstić information content (AvgIpc) is 2.59. The average molecular weight is 377 g/mol. The van der Waals surface area contributed by atoms with Gasteiger partial charge in [0.1, 0.15) is 6.54 Å². The van der Waals surface area contributed by atoms with Gasteiger partial charge in [-0.15, -0.1) is 0 Å². The summed E-state index contributed by atoms with van der Waals surface area (Å²) in [5, 5.41) is 13.6. The first kappa shape index (κ1) is 19.4. The number of nitro groups is 1. The molecule has 2 aromatic carbocycles. The molecule has 26 heavy (non-hydrogen) atoms. The Hall–Kier alpha value is -2.94. The number of non-ortho nitro benzene ring substituents is 1. The fourth-order valence-electron chi connectivity index (χ4n) is 2.43. The maximum absolute atomic E-state index is 12.4. The van der Waals surface area contributed by atoms with Gasteiger partial charge in [0.05, 0.1) is 16.9 Å². The van der Waals surface area contributed by atoms with Crippen LogP contribution in [0.3, 0.4) is 0 Å². The molecule has 0 spiro atoms. The molecule has 0 aliphatic heterocycles. The Balaban J connectivity index is 2.28. The molecule has 0 aliphatic rings. The molecule has 1 N–H and O–H groups in total. The second-order valence-corrected chi connectivity index (χ2v) is 7.51. The van der Waals surface area contributed by atoms with Gasteiger partial charge in [0.2, 0.25) is 15.9 Å². The summed E-state index contributed by atoms with van der Waals surface area (Å²) >= 11 is 0. The highest BCUT2D eigenvalue weighted by atomic mass is 32.2. The van der Waals surface area contributed by atoms with Crippen LogP contribution in [0.1, 0.15) is 12.5 Å². The lowest BCUT2D eigenvalue weighted by Gasteiger charge is -2.22. The molecule has 138 valence electrons. The highest BCUT2D eigenvalue weighted by Gasteiger charge is 2.23. The number of nitrogens with zero attached hydrogens (tertiary/aromatic N) is 2. The second kappa shape index (κ2) is 7.96. The van der Waals surface area contributed by atoms with E-state index in [1.54, 1.807) is 12.1 Å². The number of hydrogen-bond acceptors (Lipinski definition) is 5. The number of sulfonamides is 1. The van der Waals surface area contributed by atoms with Crippen LogP contribution in [0, 0.1) is 10.1 Å². The van der Waals surface area contributed by atoms with E-state index in [2.05, 4.69) is 5.32 Å². The lowest BCUT2D eigenvalue weighted by atomic mass is 10.1. The minimum Gasteiger partial charge on any atom is -0.324 e. The molecule has 0 unspecified atom stereocenters. The molecule has 9 heteroatoms. The molecule has 0 aliphatic carbocycles. The number of carbonyl (C=O) groups is 1. The van der Waals surface area contributed by atoms with Gasteiger partial charge in [0.15, 0.2) is 0 Å². The zero-order chi connectivity index (χ0) is 19.3. The van der Waals surface area contributed by atoms with Crippen LogP contribution in [0.15, 0.2) is 48.5 Å². The van der Waals surface area contributed by atoms with Gasteiger partial charge in [0.25, 0.3) is 5.69 Å². The summed E-state index contributed by atoms with van der Waals surface area (Å²) < 4.78 is 25.0. The quantitative estimate of drug-likeness (QED) is 0.589. The molecule has 0 aromatic heterocycles. The SMILES string of the molecule is CCc1ccccc1NC(=O)CN(c1cccc([N+](=O)[O-])c1)S(C)(=O)=O. The van der Waals surface area contributed by atoms with Gasteiger partial charge in [-0.25, -0.2) is 8.42 Å². The first-order valence-corrected chi connectivity index (χ1v) is 9.67. The van der Waals surface area contributed by atoms with Gasteiger partial charge in [-0.3, -0.25) is 19.2 Å². The topological polar surface area (TPSA) is 110 Å². The zero-order valence-corrected chi connectivity index (χ0v) is 15.2. The number of aryl methyl sites for hydroxylation is 1. The highest BCUT2D eigenvalue weighted by Crippen LogP contribution is 2.23. The minimum atomic E-state index is -3.81. The van der Waals surface area contributed by atoms with Gasteiger partial charge < -0.3 is 5.32 Å². The van der Waals surface area contributed by atoms with Crippen molar-refractivity contribution in [2.45, 2.75) is 13.3 Å². The van der Waals surface area contributed by atoms with Gasteiger partial charge in [0, 0.05) is 17.8 Å². The summed E-state index contributed by atoms with van der Waals surface area (Å²) in [6.07, 6.45) is 1.65. The van der Waals surface area contributed by atoms with Crippen LogP contribution in [0.4, 0.5) is 17.1 Å². The maximum Gasteiger partial charge on any atom is 0.271 e. The number of nitro benzene ring substituents is 1. The van der Waals surface area contributed by atoms with Crippen LogP contribution in [0.5, 0.6) is 0 Å². The Kier molecular flexibility index (Phi) is 5.93. The van der Waals surface area contributed by atoms with E-state index < -0.39 is 27.4 Å². The molecule has 0 heterocycles. The minimum absolute atomic E-state index is 0.0561. The monoisotopic (exact) mass is 377 g/mol. The number of anilines is 2. The van der Waals surface area contributed by atoms with Crippen molar-refractivity contribution in [1.29, 1.82) is 0 Å². The first-order valence-electron chi connectivity index (χ1n) is 7.82. The van der Waals surface area contributed by atoms with E-state index >= 15 is 0 Å². The van der Waals surface area contributed by atoms with Crippen molar-refractivity contribution in [3.8, 4) is 0 Å². The Morgan fingerprint density at radius 2 is 1.88 bits per heavy atom. The molecule has 0 bridgehead atoms. The van der Waals surface area contributed by atoms with Crippen molar-refractivity contribution in [2.24, 2.45) is 0 Å². The Morgan fingerprint density at radius 3 is 2.50 bits per heavy atom. The van der Waals surface area contributed by atoms with Crippen molar-refractivity contribution in [2.75, 3.05) is 22.4 Å². The third-order valence-corrected chi connectivity index (χ3v) is 4.83. The van der Waals surface area contributed by atoms with Crippen molar-refractivity contribution in [3.63, 3.8) is 0 Å². The normalized spacial score (nSPS) is 11.0. The highest BCUT2D eigenvalue weighted by molar-refractivity contribution is 7.92. The van der Waals surface area contributed by atoms with E-state index in [0.717, 1.165) is 22.2 Å². The Bertz CT molecular complexity index is 928. The summed E-state index contributed by atoms with van der Waals surface area (Å²) in [6.45, 7) is 1.45. The summed E-state index contributed by atoms with van der Waals surface area (Å²) in [5.41, 5.74) is 1.32. The summed E-state index contributed by atoms with van der Waals surface area (Å²) in [4.78, 5) is 22.7. The van der Waals surface area contributed by atoms with Crippen molar-refractivity contribution in [3.05, 3.63) is 64.2 Å². The van der Waals surface area contributed by atoms with Crippen molar-refractivity contribution < 1.29 is 18.1 Å². The molecule has 2 aromatic rings. The standard InChI is InChI=1S/C17H19N3O5S/c1-3-13-7-4-5-10-16(13)18-17(21)12-19(26(2,24)25)14-8-6-9-15(11-14)20(22)23/h4-11H,3,12H2,1-2H3,(H,18,21). The van der Waals surface area contributed by atoms with Crippen molar-refractivity contribution in [1.82, 2.24) is 0 Å². The van der Waals surface area contributed by atoms with Crippen LogP contribution < -0.4 is 9.62 Å². The van der Waals surface area contributed by atoms with E-state index in [1.165, 1.54) is 18.2 Å². The molecule has 0 saturated carbocycles. The third-order valence-electron chi connectivity index (χ3n) is 3.69. The van der Waals surface area contributed by atoms with E-state index in [1.807, 2.05) is 19.1 Å². The predicted octanol–water partition coefficient (Wildman–Crippen LogP) is 2.56. The second-order valence-electron chi connectivity index (χ2n) is 5.61. The smallest absolute Gasteiger partial charge is 0.271 e. The Morgan fingerprint density at radius 1 is 1.19 bits per heavy atom. The molecule has 0 fully saturated rings. The number of benzene rings is 2. The van der Waals surface area contributed by atoms with E-state index in [-0.39, 0.29) is 11.4 Å². The largest absolute Gasteiger partial charge is 0.324 e. The molecule has 8 nitrogen and oxygen atoms in total. The number of hydrogen-bond donors (Lipinski definition) is 1. The molecule has 1 amide bonds. The number of para-hydroxylation sites is 1. The first-order chi connectivity index (χ1) is 12.2. The van der Waals surface area contributed by atoms with Gasteiger partial charge in [-0.1, -0.05) is 31.2 Å². The number of rotatable bonds is 7. The van der Waals surface area contributed by atoms with Gasteiger partial charge in [-0.05, 0) is 24.1 Å². The van der Waals surface area contributed by atoms with Crippen LogP contribution in [0.2, 0.25) is 0 Å². The van der Waals surface area contributed by atoms with Crippen LogP contribution in [-0.4, -0.2) is 32.0 Å². The van der Waals surface area contributed by atoms with E-state index in [0.29, 0.717) is 12.1 Å². The molecule has 2 rings (SSSR count). The molecular weight excluding hydrogens is 358 g/mol. The Labute approximate surface area is 151 Å². The van der Waals surface area contributed by atoms with Gasteiger partial charge >= 0.3 is 0 Å². The lowest BCUT2D eigenvalue weighted by molar-refractivity contribution is -0.384. The van der Waals surface area contributed by atoms with Crippen LogP contribution >= 0.6 is 0 Å². The van der Waals surface area contributed by atoms with Gasteiger partial charge in [-0.2, -0.15) is 0 Å². The molecule has 0 saturated heterocycles. The molecule has 0 atom stereocenters. The predicted molar refractivity (Wildman–Crippen MR) is 99.7 cm³/mol. The maximum atomic E-state index is 12.4. The zero-order valence-electron chi connectivity index (χ0n) is 14.4. The van der Waals surface area contributed by atoms with Crippen LogP contribution in [-0.2, 0) is 21.2 Å². The summed E-state index contributed by atoms with van der Waals surface area (Å²) in [7, 11) is -3.81. The van der Waals surface area contributed by atoms with E-state index in [4.69, 9.17) is 0 Å². The fourth-order valence-corrected chi connectivity index (χ4v) is 3.28. The third kappa shape index (κ3) is 4.79. The number of nitrogens with one attached hydrogen (secondary N) is 1.